The molecule has 0 unspecified atom stereocenters. The Morgan fingerprint density at radius 2 is 2.00 bits per heavy atom. The highest BCUT2D eigenvalue weighted by Gasteiger charge is 2.12. The van der Waals surface area contributed by atoms with E-state index in [-0.39, 0.29) is 5.91 Å². The molecule has 6 nitrogen and oxygen atoms in total. The van der Waals surface area contributed by atoms with Crippen molar-refractivity contribution in [1.82, 2.24) is 20.1 Å². The molecule has 0 aliphatic heterocycles. The molecule has 25 heavy (non-hydrogen) atoms. The normalized spacial score (nSPS) is 10.4. The predicted molar refractivity (Wildman–Crippen MR) is 95.0 cm³/mol. The Morgan fingerprint density at radius 3 is 2.72 bits per heavy atom. The zero-order valence-electron chi connectivity index (χ0n) is 14.1. The number of ether oxygens (including phenoxy) is 1. The Morgan fingerprint density at radius 1 is 1.16 bits per heavy atom. The summed E-state index contributed by atoms with van der Waals surface area (Å²) in [7, 11) is 0. The molecule has 0 fully saturated rings. The van der Waals surface area contributed by atoms with Crippen LogP contribution < -0.4 is 10.1 Å². The Bertz CT molecular complexity index is 814. The molecule has 3 aromatic rings. The second-order valence-electron chi connectivity index (χ2n) is 5.41. The second kappa shape index (κ2) is 8.10. The first-order valence-electron chi connectivity index (χ1n) is 8.23. The summed E-state index contributed by atoms with van der Waals surface area (Å²) in [6, 6.07) is 13.4. The molecule has 0 bridgehead atoms. The summed E-state index contributed by atoms with van der Waals surface area (Å²) in [4.78, 5) is 16.4. The molecule has 0 aliphatic rings. The lowest BCUT2D eigenvalue weighted by Crippen LogP contribution is -2.26. The van der Waals surface area contributed by atoms with Crippen LogP contribution in [0.3, 0.4) is 0 Å². The lowest BCUT2D eigenvalue weighted by Gasteiger charge is -2.09. The van der Waals surface area contributed by atoms with Crippen LogP contribution in [0, 0.1) is 0 Å². The summed E-state index contributed by atoms with van der Waals surface area (Å²) in [6.07, 6.45) is 6.01. The Balaban J connectivity index is 1.55. The molecule has 6 heteroatoms. The van der Waals surface area contributed by atoms with E-state index in [0.29, 0.717) is 24.6 Å². The zero-order chi connectivity index (χ0) is 17.5. The Labute approximate surface area is 146 Å². The summed E-state index contributed by atoms with van der Waals surface area (Å²) in [5, 5.41) is 7.11. The minimum Gasteiger partial charge on any atom is -0.477 e. The number of nitrogens with one attached hydrogen (secondary N) is 1. The van der Waals surface area contributed by atoms with Gasteiger partial charge in [0.1, 0.15) is 5.56 Å². The molecule has 3 rings (SSSR count). The van der Waals surface area contributed by atoms with Crippen LogP contribution in [0.2, 0.25) is 0 Å². The topological polar surface area (TPSA) is 69.0 Å². The molecule has 1 N–H and O–H groups in total. The fourth-order valence-corrected chi connectivity index (χ4v) is 2.47. The van der Waals surface area contributed by atoms with Crippen molar-refractivity contribution in [3.63, 3.8) is 0 Å². The third-order valence-electron chi connectivity index (χ3n) is 3.70. The minimum absolute atomic E-state index is 0.176. The van der Waals surface area contributed by atoms with Crippen LogP contribution in [-0.4, -0.2) is 33.8 Å². The average molecular weight is 336 g/mol. The van der Waals surface area contributed by atoms with E-state index in [0.717, 1.165) is 17.7 Å². The molecule has 0 saturated carbocycles. The van der Waals surface area contributed by atoms with Gasteiger partial charge in [-0.25, -0.2) is 9.67 Å². The van der Waals surface area contributed by atoms with Crippen molar-refractivity contribution < 1.29 is 9.53 Å². The fraction of sp³-hybridized carbons (Fsp3) is 0.211. The van der Waals surface area contributed by atoms with Crippen LogP contribution in [0.4, 0.5) is 0 Å². The highest BCUT2D eigenvalue weighted by molar-refractivity contribution is 5.96. The third-order valence-corrected chi connectivity index (χ3v) is 3.70. The summed E-state index contributed by atoms with van der Waals surface area (Å²) >= 11 is 0. The first kappa shape index (κ1) is 16.7. The highest BCUT2D eigenvalue weighted by atomic mass is 16.5. The van der Waals surface area contributed by atoms with Crippen LogP contribution in [0.5, 0.6) is 5.88 Å². The Hall–Kier alpha value is -3.15. The largest absolute Gasteiger partial charge is 0.477 e. The molecular weight excluding hydrogens is 316 g/mol. The minimum atomic E-state index is -0.176. The van der Waals surface area contributed by atoms with Gasteiger partial charge in [-0.2, -0.15) is 5.10 Å². The number of pyridine rings is 1. The van der Waals surface area contributed by atoms with Gasteiger partial charge in [-0.05, 0) is 49.2 Å². The van der Waals surface area contributed by atoms with E-state index in [1.54, 1.807) is 24.5 Å². The summed E-state index contributed by atoms with van der Waals surface area (Å²) in [5.41, 5.74) is 2.61. The van der Waals surface area contributed by atoms with Crippen molar-refractivity contribution in [2.75, 3.05) is 13.2 Å². The van der Waals surface area contributed by atoms with Crippen LogP contribution in [0.1, 0.15) is 22.8 Å². The predicted octanol–water partition coefficient (Wildman–Crippen LogP) is 2.64. The molecule has 1 aromatic carbocycles. The van der Waals surface area contributed by atoms with Gasteiger partial charge in [-0.1, -0.05) is 12.1 Å². The van der Waals surface area contributed by atoms with Gasteiger partial charge >= 0.3 is 0 Å². The summed E-state index contributed by atoms with van der Waals surface area (Å²) in [5.74, 6) is 0.191. The standard InChI is InChI=1S/C19H20N4O2/c1-2-25-19-17(5-3-11-21-19)18(24)20-13-10-15-6-8-16(9-7-15)23-14-4-12-22-23/h3-9,11-12,14H,2,10,13H2,1H3,(H,20,24). The third kappa shape index (κ3) is 4.23. The molecule has 2 aromatic heterocycles. The van der Waals surface area contributed by atoms with E-state index in [2.05, 4.69) is 15.4 Å². The molecule has 2 heterocycles. The van der Waals surface area contributed by atoms with Gasteiger partial charge in [0.2, 0.25) is 5.88 Å². The molecule has 128 valence electrons. The molecule has 0 radical (unpaired) electrons. The van der Waals surface area contributed by atoms with Crippen molar-refractivity contribution in [1.29, 1.82) is 0 Å². The van der Waals surface area contributed by atoms with E-state index in [9.17, 15) is 4.79 Å². The second-order valence-corrected chi connectivity index (χ2v) is 5.41. The SMILES string of the molecule is CCOc1ncccc1C(=O)NCCc1ccc(-n2cccn2)cc1. The highest BCUT2D eigenvalue weighted by Crippen LogP contribution is 2.14. The number of carbonyl (C=O) groups is 1. The van der Waals surface area contributed by atoms with Gasteiger partial charge in [-0.3, -0.25) is 4.79 Å². The van der Waals surface area contributed by atoms with Crippen LogP contribution in [0.25, 0.3) is 5.69 Å². The number of aromatic nitrogens is 3. The molecule has 0 atom stereocenters. The lowest BCUT2D eigenvalue weighted by molar-refractivity contribution is 0.0949. The maximum Gasteiger partial charge on any atom is 0.256 e. The fourth-order valence-electron chi connectivity index (χ4n) is 2.47. The molecular formula is C19H20N4O2. The summed E-state index contributed by atoms with van der Waals surface area (Å²) < 4.78 is 7.20. The maximum atomic E-state index is 12.3. The van der Waals surface area contributed by atoms with Gasteiger partial charge in [0, 0.05) is 25.1 Å². The zero-order valence-corrected chi connectivity index (χ0v) is 14.1. The van der Waals surface area contributed by atoms with Crippen molar-refractivity contribution >= 4 is 5.91 Å². The van der Waals surface area contributed by atoms with E-state index in [1.165, 1.54) is 0 Å². The van der Waals surface area contributed by atoms with Crippen molar-refractivity contribution in [2.24, 2.45) is 0 Å². The Kier molecular flexibility index (Phi) is 5.41. The van der Waals surface area contributed by atoms with Gasteiger partial charge in [0.05, 0.1) is 12.3 Å². The maximum absolute atomic E-state index is 12.3. The van der Waals surface area contributed by atoms with E-state index in [4.69, 9.17) is 4.74 Å². The van der Waals surface area contributed by atoms with Crippen LogP contribution >= 0.6 is 0 Å². The van der Waals surface area contributed by atoms with Crippen molar-refractivity contribution in [2.45, 2.75) is 13.3 Å². The summed E-state index contributed by atoms with van der Waals surface area (Å²) in [6.45, 7) is 2.88. The van der Waals surface area contributed by atoms with Crippen molar-refractivity contribution in [3.05, 3.63) is 72.2 Å². The average Bonchev–Trinajstić information content (AvgIpc) is 3.18. The smallest absolute Gasteiger partial charge is 0.256 e. The van der Waals surface area contributed by atoms with E-state index in [1.807, 2.05) is 48.1 Å². The van der Waals surface area contributed by atoms with Crippen LogP contribution in [-0.2, 0) is 6.42 Å². The lowest BCUT2D eigenvalue weighted by atomic mass is 10.1. The molecule has 1 amide bonds. The van der Waals surface area contributed by atoms with Gasteiger partial charge in [0.25, 0.3) is 5.91 Å². The van der Waals surface area contributed by atoms with Crippen molar-refractivity contribution in [3.8, 4) is 11.6 Å². The first-order valence-corrected chi connectivity index (χ1v) is 8.23. The number of hydrogen-bond acceptors (Lipinski definition) is 4. The number of rotatable bonds is 7. The molecule has 0 saturated heterocycles. The van der Waals surface area contributed by atoms with Gasteiger partial charge < -0.3 is 10.1 Å². The van der Waals surface area contributed by atoms with Gasteiger partial charge in [0.15, 0.2) is 0 Å². The number of benzene rings is 1. The monoisotopic (exact) mass is 336 g/mol. The van der Waals surface area contributed by atoms with Crippen LogP contribution in [0.15, 0.2) is 61.1 Å². The number of amides is 1. The number of carbonyl (C=O) groups excluding carboxylic acids is 1. The van der Waals surface area contributed by atoms with Gasteiger partial charge in [-0.15, -0.1) is 0 Å². The molecule has 0 spiro atoms. The van der Waals surface area contributed by atoms with E-state index < -0.39 is 0 Å². The quantitative estimate of drug-likeness (QED) is 0.720. The first-order chi connectivity index (χ1) is 12.3. The van der Waals surface area contributed by atoms with E-state index >= 15 is 0 Å². The number of nitrogens with zero attached hydrogens (tertiary/aromatic N) is 3. The molecule has 0 aliphatic carbocycles. The number of hydrogen-bond donors (Lipinski definition) is 1.